The molecule has 66 valence electrons. The molecule has 0 saturated heterocycles. The predicted molar refractivity (Wildman–Crippen MR) is 55.7 cm³/mol. The predicted octanol–water partition coefficient (Wildman–Crippen LogP) is 3.10. The summed E-state index contributed by atoms with van der Waals surface area (Å²) in [6, 6.07) is 0. The van der Waals surface area contributed by atoms with Crippen LogP contribution in [0.25, 0.3) is 0 Å². The van der Waals surface area contributed by atoms with E-state index in [0.29, 0.717) is 0 Å². The fourth-order valence-corrected chi connectivity index (χ4v) is 0.738. The highest BCUT2D eigenvalue weighted by atomic mass is 15.1. The average Bonchev–Trinajstić information content (AvgIpc) is 1.99. The van der Waals surface area contributed by atoms with Crippen molar-refractivity contribution in [1.29, 1.82) is 0 Å². The molecule has 0 spiro atoms. The molecule has 1 heteroatoms. The van der Waals surface area contributed by atoms with Gasteiger partial charge in [-0.1, -0.05) is 12.7 Å². The van der Waals surface area contributed by atoms with Crippen molar-refractivity contribution in [3.63, 3.8) is 0 Å². The van der Waals surface area contributed by atoms with E-state index < -0.39 is 0 Å². The lowest BCUT2D eigenvalue weighted by molar-refractivity contribution is 0.584. The van der Waals surface area contributed by atoms with Gasteiger partial charge in [0.25, 0.3) is 0 Å². The highest BCUT2D eigenvalue weighted by Gasteiger charge is 1.98. The Bertz CT molecular complexity index is 221. The molecule has 0 unspecified atom stereocenters. The van der Waals surface area contributed by atoms with Crippen molar-refractivity contribution in [1.82, 2.24) is 4.90 Å². The second-order valence-corrected chi connectivity index (χ2v) is 2.71. The Balaban J connectivity index is 0.000000354. The minimum absolute atomic E-state index is 1.05. The number of allylic oxidation sites excluding steroid dienone is 4. The largest absolute Gasteiger partial charge is 0.352 e. The summed E-state index contributed by atoms with van der Waals surface area (Å²) in [6.45, 7) is 11.2. The standard InChI is InChI=1S/C8H11N.C3H6/c1-7-4-5-9(3)8(2)6-7;1-3-2/h4-6H,2H2,1,3H3;3H,1H2,2H3. The van der Waals surface area contributed by atoms with Gasteiger partial charge in [0.2, 0.25) is 0 Å². The molecule has 0 N–H and O–H groups in total. The van der Waals surface area contributed by atoms with Crippen molar-refractivity contribution in [2.75, 3.05) is 7.05 Å². The van der Waals surface area contributed by atoms with Gasteiger partial charge in [-0.2, -0.15) is 0 Å². The molecule has 0 atom stereocenters. The second-order valence-electron chi connectivity index (χ2n) is 2.71. The van der Waals surface area contributed by atoms with Crippen LogP contribution in [0.15, 0.2) is 48.9 Å². The van der Waals surface area contributed by atoms with E-state index in [-0.39, 0.29) is 0 Å². The summed E-state index contributed by atoms with van der Waals surface area (Å²) in [5.74, 6) is 0. The van der Waals surface area contributed by atoms with Gasteiger partial charge in [-0.3, -0.25) is 0 Å². The lowest BCUT2D eigenvalue weighted by atomic mass is 10.2. The molecule has 1 heterocycles. The zero-order chi connectivity index (χ0) is 9.56. The molecule has 0 aromatic rings. The van der Waals surface area contributed by atoms with Crippen LogP contribution in [0.3, 0.4) is 0 Å². The Labute approximate surface area is 75.4 Å². The summed E-state index contributed by atoms with van der Waals surface area (Å²) >= 11 is 0. The van der Waals surface area contributed by atoms with Crippen molar-refractivity contribution in [2.24, 2.45) is 0 Å². The normalized spacial score (nSPS) is 14.8. The van der Waals surface area contributed by atoms with Crippen LogP contribution >= 0.6 is 0 Å². The first-order chi connectivity index (χ1) is 5.61. The molecule has 1 rings (SSSR count). The van der Waals surface area contributed by atoms with E-state index in [0.717, 1.165) is 5.70 Å². The minimum atomic E-state index is 1.05. The molecule has 0 aliphatic carbocycles. The van der Waals surface area contributed by atoms with Crippen molar-refractivity contribution in [3.05, 3.63) is 48.9 Å². The summed E-state index contributed by atoms with van der Waals surface area (Å²) < 4.78 is 0. The van der Waals surface area contributed by atoms with Crippen LogP contribution in [0.1, 0.15) is 13.8 Å². The SMILES string of the molecule is C=C1C=C(C)C=CN1C.C=CC. The van der Waals surface area contributed by atoms with Gasteiger partial charge in [0.15, 0.2) is 0 Å². The number of rotatable bonds is 0. The van der Waals surface area contributed by atoms with Crippen molar-refractivity contribution in [3.8, 4) is 0 Å². The van der Waals surface area contributed by atoms with Crippen LogP contribution in [0.4, 0.5) is 0 Å². The lowest BCUT2D eigenvalue weighted by Gasteiger charge is -2.17. The summed E-state index contributed by atoms with van der Waals surface area (Å²) in [5, 5.41) is 0. The van der Waals surface area contributed by atoms with E-state index in [1.807, 2.05) is 25.1 Å². The Kier molecular flexibility index (Phi) is 4.86. The monoisotopic (exact) mass is 163 g/mol. The number of nitrogens with zero attached hydrogens (tertiary/aromatic N) is 1. The third kappa shape index (κ3) is 3.81. The van der Waals surface area contributed by atoms with Crippen molar-refractivity contribution in [2.45, 2.75) is 13.8 Å². The minimum Gasteiger partial charge on any atom is -0.352 e. The van der Waals surface area contributed by atoms with Gasteiger partial charge < -0.3 is 4.90 Å². The van der Waals surface area contributed by atoms with Gasteiger partial charge in [-0.05, 0) is 31.6 Å². The summed E-state index contributed by atoms with van der Waals surface area (Å²) in [5.41, 5.74) is 2.31. The topological polar surface area (TPSA) is 3.24 Å². The van der Waals surface area contributed by atoms with E-state index in [4.69, 9.17) is 0 Å². The molecule has 1 aliphatic heterocycles. The van der Waals surface area contributed by atoms with E-state index in [1.165, 1.54) is 5.57 Å². The number of likely N-dealkylation sites (N-methyl/N-ethyl adjacent to an activating group) is 1. The maximum atomic E-state index is 3.84. The smallest absolute Gasteiger partial charge is 0.0333 e. The Morgan fingerprint density at radius 2 is 2.00 bits per heavy atom. The molecule has 1 nitrogen and oxygen atoms in total. The molecule has 0 amide bonds. The second kappa shape index (κ2) is 5.42. The molecule has 0 saturated carbocycles. The summed E-state index contributed by atoms with van der Waals surface area (Å²) in [6.07, 6.45) is 7.88. The van der Waals surface area contributed by atoms with Gasteiger partial charge in [0.1, 0.15) is 0 Å². The van der Waals surface area contributed by atoms with E-state index >= 15 is 0 Å². The quantitative estimate of drug-likeness (QED) is 0.496. The third-order valence-electron chi connectivity index (χ3n) is 1.41. The fraction of sp³-hybridized carbons (Fsp3) is 0.273. The van der Waals surface area contributed by atoms with Crippen molar-refractivity contribution >= 4 is 0 Å². The molecule has 0 aromatic heterocycles. The highest BCUT2D eigenvalue weighted by Crippen LogP contribution is 2.11. The molecular formula is C11H17N. The molecule has 0 fully saturated rings. The van der Waals surface area contributed by atoms with Gasteiger partial charge in [-0.25, -0.2) is 0 Å². The van der Waals surface area contributed by atoms with Gasteiger partial charge >= 0.3 is 0 Å². The maximum Gasteiger partial charge on any atom is 0.0333 e. The molecule has 0 bridgehead atoms. The fourth-order valence-electron chi connectivity index (χ4n) is 0.738. The zero-order valence-corrected chi connectivity index (χ0v) is 8.17. The Hall–Kier alpha value is -1.24. The Morgan fingerprint density at radius 3 is 2.33 bits per heavy atom. The van der Waals surface area contributed by atoms with Crippen LogP contribution in [0.2, 0.25) is 0 Å². The van der Waals surface area contributed by atoms with Crippen LogP contribution < -0.4 is 0 Å². The molecule has 0 radical (unpaired) electrons. The number of hydrogen-bond acceptors (Lipinski definition) is 1. The summed E-state index contributed by atoms with van der Waals surface area (Å²) in [4.78, 5) is 1.99. The van der Waals surface area contributed by atoms with Crippen LogP contribution in [-0.2, 0) is 0 Å². The highest BCUT2D eigenvalue weighted by molar-refractivity contribution is 5.31. The van der Waals surface area contributed by atoms with Gasteiger partial charge in [0.05, 0.1) is 0 Å². The van der Waals surface area contributed by atoms with Crippen LogP contribution in [-0.4, -0.2) is 11.9 Å². The summed E-state index contributed by atoms with van der Waals surface area (Å²) in [7, 11) is 1.99. The van der Waals surface area contributed by atoms with Gasteiger partial charge in [0, 0.05) is 18.9 Å². The van der Waals surface area contributed by atoms with E-state index in [9.17, 15) is 0 Å². The Morgan fingerprint density at radius 1 is 1.50 bits per heavy atom. The van der Waals surface area contributed by atoms with E-state index in [1.54, 1.807) is 6.08 Å². The van der Waals surface area contributed by atoms with Crippen LogP contribution in [0, 0.1) is 0 Å². The van der Waals surface area contributed by atoms with Crippen molar-refractivity contribution < 1.29 is 0 Å². The molecular weight excluding hydrogens is 146 g/mol. The molecule has 1 aliphatic rings. The third-order valence-corrected chi connectivity index (χ3v) is 1.41. The first-order valence-electron chi connectivity index (χ1n) is 3.97. The lowest BCUT2D eigenvalue weighted by Crippen LogP contribution is -2.09. The molecule has 0 aromatic carbocycles. The van der Waals surface area contributed by atoms with Crippen LogP contribution in [0.5, 0.6) is 0 Å². The number of hydrogen-bond donors (Lipinski definition) is 0. The first kappa shape index (κ1) is 10.8. The van der Waals surface area contributed by atoms with E-state index in [2.05, 4.69) is 32.2 Å². The average molecular weight is 163 g/mol. The zero-order valence-electron chi connectivity index (χ0n) is 8.17. The first-order valence-corrected chi connectivity index (χ1v) is 3.97. The van der Waals surface area contributed by atoms with Gasteiger partial charge in [-0.15, -0.1) is 6.58 Å². The maximum absolute atomic E-state index is 3.84. The molecule has 12 heavy (non-hydrogen) atoms.